The molecule has 2 aromatic carbocycles. The van der Waals surface area contributed by atoms with Gasteiger partial charge >= 0.3 is 0 Å². The van der Waals surface area contributed by atoms with Gasteiger partial charge in [-0.25, -0.2) is 8.42 Å². The van der Waals surface area contributed by atoms with Gasteiger partial charge in [0.1, 0.15) is 0 Å². The standard InChI is InChI=1S/C17H20N2O3S/c1-19(2)17(20)12-14-8-10-16(11-9-14)18-23(21,22)13-15-6-4-3-5-7-15/h3-11,18H,12-13H2,1-2H3. The van der Waals surface area contributed by atoms with E-state index in [9.17, 15) is 13.2 Å². The van der Waals surface area contributed by atoms with Crippen LogP contribution in [0.3, 0.4) is 0 Å². The van der Waals surface area contributed by atoms with Gasteiger partial charge in [-0.3, -0.25) is 9.52 Å². The fraction of sp³-hybridized carbons (Fsp3) is 0.235. The quantitative estimate of drug-likeness (QED) is 0.882. The van der Waals surface area contributed by atoms with E-state index in [0.717, 1.165) is 11.1 Å². The van der Waals surface area contributed by atoms with Crippen molar-refractivity contribution >= 4 is 21.6 Å². The first-order valence-corrected chi connectivity index (χ1v) is 8.84. The maximum atomic E-state index is 12.1. The van der Waals surface area contributed by atoms with Crippen molar-refractivity contribution in [1.82, 2.24) is 4.90 Å². The second kappa shape index (κ2) is 7.28. The third kappa shape index (κ3) is 5.41. The van der Waals surface area contributed by atoms with Crippen LogP contribution in [0.5, 0.6) is 0 Å². The van der Waals surface area contributed by atoms with E-state index in [1.54, 1.807) is 62.6 Å². The zero-order valence-corrected chi connectivity index (χ0v) is 14.0. The van der Waals surface area contributed by atoms with Crippen LogP contribution in [0.4, 0.5) is 5.69 Å². The van der Waals surface area contributed by atoms with Crippen LogP contribution < -0.4 is 4.72 Å². The summed E-state index contributed by atoms with van der Waals surface area (Å²) in [6, 6.07) is 15.8. The molecule has 2 aromatic rings. The Bertz CT molecular complexity index is 754. The van der Waals surface area contributed by atoms with Gasteiger partial charge in [0.15, 0.2) is 0 Å². The molecule has 0 saturated carbocycles. The van der Waals surface area contributed by atoms with Crippen molar-refractivity contribution in [3.05, 3.63) is 65.7 Å². The van der Waals surface area contributed by atoms with Crippen molar-refractivity contribution < 1.29 is 13.2 Å². The highest BCUT2D eigenvalue weighted by molar-refractivity contribution is 7.91. The lowest BCUT2D eigenvalue weighted by atomic mass is 10.1. The molecular weight excluding hydrogens is 312 g/mol. The lowest BCUT2D eigenvalue weighted by Gasteiger charge is -2.11. The molecule has 5 nitrogen and oxygen atoms in total. The summed E-state index contributed by atoms with van der Waals surface area (Å²) in [4.78, 5) is 13.2. The lowest BCUT2D eigenvalue weighted by Crippen LogP contribution is -2.23. The van der Waals surface area contributed by atoms with Crippen LogP contribution in [-0.2, 0) is 27.0 Å². The molecule has 2 rings (SSSR count). The topological polar surface area (TPSA) is 66.5 Å². The smallest absolute Gasteiger partial charge is 0.236 e. The highest BCUT2D eigenvalue weighted by atomic mass is 32.2. The Labute approximate surface area is 137 Å². The Morgan fingerprint density at radius 3 is 2.13 bits per heavy atom. The van der Waals surface area contributed by atoms with Crippen LogP contribution in [0.2, 0.25) is 0 Å². The average molecular weight is 332 g/mol. The molecule has 0 unspecified atom stereocenters. The van der Waals surface area contributed by atoms with Gasteiger partial charge in [0, 0.05) is 19.8 Å². The minimum absolute atomic E-state index is 0.00223. The van der Waals surface area contributed by atoms with E-state index in [1.165, 1.54) is 4.90 Å². The average Bonchev–Trinajstić information content (AvgIpc) is 2.49. The van der Waals surface area contributed by atoms with Gasteiger partial charge in [-0.15, -0.1) is 0 Å². The van der Waals surface area contributed by atoms with E-state index in [4.69, 9.17) is 0 Å². The lowest BCUT2D eigenvalue weighted by molar-refractivity contribution is -0.127. The van der Waals surface area contributed by atoms with E-state index in [2.05, 4.69) is 4.72 Å². The molecule has 122 valence electrons. The number of hydrogen-bond acceptors (Lipinski definition) is 3. The highest BCUT2D eigenvalue weighted by Crippen LogP contribution is 2.14. The molecule has 0 aliphatic rings. The van der Waals surface area contributed by atoms with E-state index < -0.39 is 10.0 Å². The second-order valence-electron chi connectivity index (χ2n) is 5.51. The van der Waals surface area contributed by atoms with E-state index in [0.29, 0.717) is 12.1 Å². The number of carbonyl (C=O) groups excluding carboxylic acids is 1. The monoisotopic (exact) mass is 332 g/mol. The SMILES string of the molecule is CN(C)C(=O)Cc1ccc(NS(=O)(=O)Cc2ccccc2)cc1. The Morgan fingerprint density at radius 2 is 1.57 bits per heavy atom. The van der Waals surface area contributed by atoms with Gasteiger partial charge in [-0.1, -0.05) is 42.5 Å². The van der Waals surface area contributed by atoms with E-state index in [-0.39, 0.29) is 11.7 Å². The van der Waals surface area contributed by atoms with Crippen LogP contribution in [0.25, 0.3) is 0 Å². The van der Waals surface area contributed by atoms with Gasteiger partial charge in [0.2, 0.25) is 15.9 Å². The third-order valence-electron chi connectivity index (χ3n) is 3.28. The molecule has 0 spiro atoms. The van der Waals surface area contributed by atoms with Crippen molar-refractivity contribution in [3.63, 3.8) is 0 Å². The maximum absolute atomic E-state index is 12.1. The molecule has 0 aliphatic heterocycles. The molecular formula is C17H20N2O3S. The zero-order valence-electron chi connectivity index (χ0n) is 13.2. The molecule has 1 amide bonds. The van der Waals surface area contributed by atoms with Crippen molar-refractivity contribution in [3.8, 4) is 0 Å². The van der Waals surface area contributed by atoms with Gasteiger partial charge in [0.05, 0.1) is 12.2 Å². The van der Waals surface area contributed by atoms with E-state index in [1.807, 2.05) is 6.07 Å². The summed E-state index contributed by atoms with van der Waals surface area (Å²) >= 11 is 0. The molecule has 0 saturated heterocycles. The number of rotatable bonds is 6. The Kier molecular flexibility index (Phi) is 5.39. The number of nitrogens with one attached hydrogen (secondary N) is 1. The Morgan fingerprint density at radius 1 is 0.957 bits per heavy atom. The number of nitrogens with zero attached hydrogens (tertiary/aromatic N) is 1. The molecule has 0 atom stereocenters. The van der Waals surface area contributed by atoms with Crippen LogP contribution in [0, 0.1) is 0 Å². The zero-order chi connectivity index (χ0) is 16.9. The number of amides is 1. The number of likely N-dealkylation sites (N-methyl/N-ethyl adjacent to an activating group) is 1. The number of sulfonamides is 1. The maximum Gasteiger partial charge on any atom is 0.236 e. The molecule has 0 heterocycles. The largest absolute Gasteiger partial charge is 0.349 e. The molecule has 1 N–H and O–H groups in total. The molecule has 6 heteroatoms. The first-order chi connectivity index (χ1) is 10.9. The van der Waals surface area contributed by atoms with Crippen LogP contribution in [0.15, 0.2) is 54.6 Å². The molecule has 0 radical (unpaired) electrons. The number of carbonyl (C=O) groups is 1. The summed E-state index contributed by atoms with van der Waals surface area (Å²) in [5.41, 5.74) is 2.06. The van der Waals surface area contributed by atoms with Crippen molar-refractivity contribution in [1.29, 1.82) is 0 Å². The van der Waals surface area contributed by atoms with Crippen molar-refractivity contribution in [2.75, 3.05) is 18.8 Å². The van der Waals surface area contributed by atoms with E-state index >= 15 is 0 Å². The summed E-state index contributed by atoms with van der Waals surface area (Å²) in [6.07, 6.45) is 0.296. The highest BCUT2D eigenvalue weighted by Gasteiger charge is 2.12. The molecule has 0 fully saturated rings. The predicted octanol–water partition coefficient (Wildman–Crippen LogP) is 2.26. The summed E-state index contributed by atoms with van der Waals surface area (Å²) in [6.45, 7) is 0. The van der Waals surface area contributed by atoms with Gasteiger partial charge < -0.3 is 4.90 Å². The summed E-state index contributed by atoms with van der Waals surface area (Å²) < 4.78 is 26.8. The normalized spacial score (nSPS) is 11.0. The number of benzene rings is 2. The van der Waals surface area contributed by atoms with Gasteiger partial charge in [-0.2, -0.15) is 0 Å². The summed E-state index contributed by atoms with van der Waals surface area (Å²) in [7, 11) is -0.0566. The fourth-order valence-electron chi connectivity index (χ4n) is 2.03. The second-order valence-corrected chi connectivity index (χ2v) is 7.23. The minimum atomic E-state index is -3.46. The minimum Gasteiger partial charge on any atom is -0.349 e. The third-order valence-corrected chi connectivity index (χ3v) is 4.54. The fourth-order valence-corrected chi connectivity index (χ4v) is 3.23. The Balaban J connectivity index is 2.01. The first kappa shape index (κ1) is 17.0. The molecule has 0 aromatic heterocycles. The molecule has 23 heavy (non-hydrogen) atoms. The Hall–Kier alpha value is -2.34. The summed E-state index contributed by atoms with van der Waals surface area (Å²) in [5, 5.41) is 0. The van der Waals surface area contributed by atoms with Gasteiger partial charge in [0.25, 0.3) is 0 Å². The van der Waals surface area contributed by atoms with Crippen LogP contribution >= 0.6 is 0 Å². The first-order valence-electron chi connectivity index (χ1n) is 7.19. The number of hydrogen-bond donors (Lipinski definition) is 1. The molecule has 0 aliphatic carbocycles. The van der Waals surface area contributed by atoms with Crippen LogP contribution in [0.1, 0.15) is 11.1 Å². The van der Waals surface area contributed by atoms with Gasteiger partial charge in [-0.05, 0) is 23.3 Å². The molecule has 0 bridgehead atoms. The number of anilines is 1. The van der Waals surface area contributed by atoms with Crippen molar-refractivity contribution in [2.24, 2.45) is 0 Å². The predicted molar refractivity (Wildman–Crippen MR) is 91.5 cm³/mol. The summed E-state index contributed by atoms with van der Waals surface area (Å²) in [5.74, 6) is -0.0725. The van der Waals surface area contributed by atoms with Crippen molar-refractivity contribution in [2.45, 2.75) is 12.2 Å². The van der Waals surface area contributed by atoms with Crippen LogP contribution in [-0.4, -0.2) is 33.3 Å².